The van der Waals surface area contributed by atoms with Crippen LogP contribution in [0.2, 0.25) is 0 Å². The third-order valence-electron chi connectivity index (χ3n) is 3.25. The highest BCUT2D eigenvalue weighted by molar-refractivity contribution is 5.46. The number of anilines is 1. The number of ether oxygens (including phenoxy) is 3. The molecule has 0 unspecified atom stereocenters. The second-order valence-corrected chi connectivity index (χ2v) is 4.77. The Morgan fingerprint density at radius 3 is 2.76 bits per heavy atom. The molecular weight excluding hydrogens is 268 g/mol. The summed E-state index contributed by atoms with van der Waals surface area (Å²) < 4.78 is 16.3. The van der Waals surface area contributed by atoms with Crippen LogP contribution in [-0.4, -0.2) is 25.3 Å². The van der Waals surface area contributed by atoms with Crippen LogP contribution in [0.25, 0.3) is 0 Å². The van der Waals surface area contributed by atoms with Crippen molar-refractivity contribution in [2.75, 3.05) is 25.6 Å². The van der Waals surface area contributed by atoms with Gasteiger partial charge in [0, 0.05) is 19.0 Å². The van der Waals surface area contributed by atoms with Gasteiger partial charge in [0.05, 0.1) is 32.2 Å². The smallest absolute Gasteiger partial charge is 0.213 e. The molecule has 0 bridgehead atoms. The first-order chi connectivity index (χ1) is 10.3. The van der Waals surface area contributed by atoms with Crippen LogP contribution >= 0.6 is 0 Å². The summed E-state index contributed by atoms with van der Waals surface area (Å²) in [5, 5.41) is 3.32. The Balaban J connectivity index is 1.66. The van der Waals surface area contributed by atoms with Gasteiger partial charge in [-0.05, 0) is 23.8 Å². The van der Waals surface area contributed by atoms with E-state index >= 15 is 0 Å². The molecule has 0 amide bonds. The van der Waals surface area contributed by atoms with E-state index in [2.05, 4.69) is 10.3 Å². The summed E-state index contributed by atoms with van der Waals surface area (Å²) in [6.07, 6.45) is 2.67. The molecule has 110 valence electrons. The molecular formula is C16H18N2O3. The van der Waals surface area contributed by atoms with Crippen LogP contribution in [0, 0.1) is 0 Å². The molecule has 0 saturated carbocycles. The first-order valence-corrected chi connectivity index (χ1v) is 6.97. The molecule has 21 heavy (non-hydrogen) atoms. The molecule has 1 N–H and O–H groups in total. The number of benzene rings is 1. The minimum absolute atomic E-state index is 0.608. The average Bonchev–Trinajstić information content (AvgIpc) is 2.78. The van der Waals surface area contributed by atoms with Crippen LogP contribution < -0.4 is 19.5 Å². The quantitative estimate of drug-likeness (QED) is 0.936. The van der Waals surface area contributed by atoms with Gasteiger partial charge in [0.25, 0.3) is 0 Å². The van der Waals surface area contributed by atoms with Crippen molar-refractivity contribution in [3.05, 3.63) is 42.1 Å². The van der Waals surface area contributed by atoms with Crippen molar-refractivity contribution in [1.82, 2.24) is 4.98 Å². The summed E-state index contributed by atoms with van der Waals surface area (Å²) in [5.74, 6) is 2.25. The van der Waals surface area contributed by atoms with Crippen LogP contribution in [0.1, 0.15) is 12.0 Å². The average molecular weight is 286 g/mol. The Kier molecular flexibility index (Phi) is 4.09. The maximum Gasteiger partial charge on any atom is 0.213 e. The predicted octanol–water partition coefficient (Wildman–Crippen LogP) is 2.86. The van der Waals surface area contributed by atoms with Crippen LogP contribution in [-0.2, 0) is 6.54 Å². The Labute approximate surface area is 123 Å². The Morgan fingerprint density at radius 2 is 2.00 bits per heavy atom. The SMILES string of the molecule is COc1ccc(NCc2ccc3c(c2)OCCCO3)cn1. The molecule has 0 radical (unpaired) electrons. The molecule has 0 atom stereocenters. The van der Waals surface area contributed by atoms with E-state index in [1.54, 1.807) is 13.3 Å². The summed E-state index contributed by atoms with van der Waals surface area (Å²) >= 11 is 0. The van der Waals surface area contributed by atoms with Gasteiger partial charge in [-0.2, -0.15) is 0 Å². The molecule has 2 heterocycles. The zero-order valence-electron chi connectivity index (χ0n) is 12.0. The highest BCUT2D eigenvalue weighted by Gasteiger charge is 2.10. The van der Waals surface area contributed by atoms with E-state index in [4.69, 9.17) is 14.2 Å². The van der Waals surface area contributed by atoms with Crippen LogP contribution in [0.4, 0.5) is 5.69 Å². The monoisotopic (exact) mass is 286 g/mol. The van der Waals surface area contributed by atoms with E-state index in [0.717, 1.165) is 29.2 Å². The summed E-state index contributed by atoms with van der Waals surface area (Å²) in [5.41, 5.74) is 2.08. The number of rotatable bonds is 4. The van der Waals surface area contributed by atoms with Gasteiger partial charge in [0.15, 0.2) is 11.5 Å². The van der Waals surface area contributed by atoms with Gasteiger partial charge in [-0.25, -0.2) is 4.98 Å². The molecule has 0 spiro atoms. The fraction of sp³-hybridized carbons (Fsp3) is 0.312. The molecule has 1 aromatic carbocycles. The number of hydrogen-bond donors (Lipinski definition) is 1. The van der Waals surface area contributed by atoms with E-state index in [-0.39, 0.29) is 0 Å². The van der Waals surface area contributed by atoms with Crippen molar-refractivity contribution in [2.24, 2.45) is 0 Å². The zero-order valence-corrected chi connectivity index (χ0v) is 12.0. The van der Waals surface area contributed by atoms with Crippen LogP contribution in [0.3, 0.4) is 0 Å². The largest absolute Gasteiger partial charge is 0.490 e. The van der Waals surface area contributed by atoms with E-state index in [1.807, 2.05) is 30.3 Å². The van der Waals surface area contributed by atoms with Crippen molar-refractivity contribution in [3.63, 3.8) is 0 Å². The maximum atomic E-state index is 5.69. The fourth-order valence-corrected chi connectivity index (χ4v) is 2.13. The molecule has 5 nitrogen and oxygen atoms in total. The summed E-state index contributed by atoms with van der Waals surface area (Å²) in [7, 11) is 1.60. The minimum atomic E-state index is 0.608. The van der Waals surface area contributed by atoms with E-state index in [1.165, 1.54) is 0 Å². The van der Waals surface area contributed by atoms with E-state index in [0.29, 0.717) is 25.6 Å². The predicted molar refractivity (Wildman–Crippen MR) is 80.2 cm³/mol. The van der Waals surface area contributed by atoms with E-state index < -0.39 is 0 Å². The third kappa shape index (κ3) is 3.37. The molecule has 3 rings (SSSR count). The normalized spacial score (nSPS) is 13.4. The molecule has 1 aliphatic rings. The van der Waals surface area contributed by atoms with Crippen molar-refractivity contribution < 1.29 is 14.2 Å². The standard InChI is InChI=1S/C16H18N2O3/c1-19-16-6-4-13(11-18-16)17-10-12-3-5-14-15(9-12)21-8-2-7-20-14/h3-6,9,11,17H,2,7-8,10H2,1H3. The number of aromatic nitrogens is 1. The van der Waals surface area contributed by atoms with Crippen molar-refractivity contribution >= 4 is 5.69 Å². The van der Waals surface area contributed by atoms with Crippen LogP contribution in [0.5, 0.6) is 17.4 Å². The van der Waals surface area contributed by atoms with Crippen molar-refractivity contribution in [1.29, 1.82) is 0 Å². The second-order valence-electron chi connectivity index (χ2n) is 4.77. The lowest BCUT2D eigenvalue weighted by Crippen LogP contribution is -2.01. The van der Waals surface area contributed by atoms with E-state index in [9.17, 15) is 0 Å². The number of fused-ring (bicyclic) bond motifs is 1. The van der Waals surface area contributed by atoms with Gasteiger partial charge in [-0.3, -0.25) is 0 Å². The fourth-order valence-electron chi connectivity index (χ4n) is 2.13. The minimum Gasteiger partial charge on any atom is -0.490 e. The summed E-state index contributed by atoms with van der Waals surface area (Å²) in [6.45, 7) is 2.11. The molecule has 0 saturated heterocycles. The van der Waals surface area contributed by atoms with Gasteiger partial charge < -0.3 is 19.5 Å². The molecule has 5 heteroatoms. The Bertz CT molecular complexity index is 599. The van der Waals surface area contributed by atoms with Gasteiger partial charge in [-0.1, -0.05) is 6.07 Å². The van der Waals surface area contributed by atoms with Gasteiger partial charge in [-0.15, -0.1) is 0 Å². The maximum absolute atomic E-state index is 5.69. The highest BCUT2D eigenvalue weighted by atomic mass is 16.5. The first kappa shape index (κ1) is 13.5. The molecule has 2 aromatic rings. The molecule has 1 aliphatic heterocycles. The second kappa shape index (κ2) is 6.35. The first-order valence-electron chi connectivity index (χ1n) is 6.97. The van der Waals surface area contributed by atoms with Crippen molar-refractivity contribution in [3.8, 4) is 17.4 Å². The zero-order chi connectivity index (χ0) is 14.5. The summed E-state index contributed by atoms with van der Waals surface area (Å²) in [4.78, 5) is 4.16. The number of nitrogens with zero attached hydrogens (tertiary/aromatic N) is 1. The van der Waals surface area contributed by atoms with Crippen molar-refractivity contribution in [2.45, 2.75) is 13.0 Å². The van der Waals surface area contributed by atoms with Gasteiger partial charge in [0.2, 0.25) is 5.88 Å². The Morgan fingerprint density at radius 1 is 1.14 bits per heavy atom. The third-order valence-corrected chi connectivity index (χ3v) is 3.25. The number of nitrogens with one attached hydrogen (secondary N) is 1. The highest BCUT2D eigenvalue weighted by Crippen LogP contribution is 2.30. The topological polar surface area (TPSA) is 52.6 Å². The lowest BCUT2D eigenvalue weighted by Gasteiger charge is -2.11. The Hall–Kier alpha value is -2.43. The molecule has 1 aromatic heterocycles. The number of hydrogen-bond acceptors (Lipinski definition) is 5. The molecule has 0 aliphatic carbocycles. The van der Waals surface area contributed by atoms with Gasteiger partial charge in [0.1, 0.15) is 0 Å². The lowest BCUT2D eigenvalue weighted by atomic mass is 10.2. The summed E-state index contributed by atoms with van der Waals surface area (Å²) in [6, 6.07) is 9.79. The number of methoxy groups -OCH3 is 1. The number of pyridine rings is 1. The van der Waals surface area contributed by atoms with Gasteiger partial charge >= 0.3 is 0 Å². The lowest BCUT2D eigenvalue weighted by molar-refractivity contribution is 0.297. The van der Waals surface area contributed by atoms with Crippen LogP contribution in [0.15, 0.2) is 36.5 Å². The molecule has 0 fully saturated rings.